The summed E-state index contributed by atoms with van der Waals surface area (Å²) in [5.41, 5.74) is 0.672. The number of hydrogen-bond donors (Lipinski definition) is 0. The Balaban J connectivity index is 1.54. The zero-order valence-electron chi connectivity index (χ0n) is 14.7. The number of likely N-dealkylation sites (tertiary alicyclic amines) is 1. The zero-order valence-corrected chi connectivity index (χ0v) is 14.7. The molecular weight excluding hydrogens is 320 g/mol. The molecule has 1 aromatic heterocycles. The van der Waals surface area contributed by atoms with Crippen LogP contribution in [0.2, 0.25) is 0 Å². The third-order valence-electron chi connectivity index (χ3n) is 4.34. The summed E-state index contributed by atoms with van der Waals surface area (Å²) in [4.78, 5) is 14.3. The lowest BCUT2D eigenvalue weighted by Gasteiger charge is -2.30. The highest BCUT2D eigenvalue weighted by atomic mass is 16.5. The molecule has 1 aromatic carbocycles. The van der Waals surface area contributed by atoms with Crippen LogP contribution in [0.15, 0.2) is 30.5 Å². The van der Waals surface area contributed by atoms with Gasteiger partial charge in [0, 0.05) is 13.1 Å². The predicted octanol–water partition coefficient (Wildman–Crippen LogP) is 2.12. The van der Waals surface area contributed by atoms with Crippen LogP contribution in [-0.4, -0.2) is 46.0 Å². The van der Waals surface area contributed by atoms with E-state index >= 15 is 0 Å². The molecule has 0 radical (unpaired) electrons. The predicted molar refractivity (Wildman–Crippen MR) is 92.3 cm³/mol. The molecule has 0 aliphatic carbocycles. The van der Waals surface area contributed by atoms with E-state index in [0.29, 0.717) is 23.1 Å². The first kappa shape index (κ1) is 17.3. The lowest BCUT2D eigenvalue weighted by molar-refractivity contribution is -0.133. The third kappa shape index (κ3) is 4.49. The van der Waals surface area contributed by atoms with Crippen molar-refractivity contribution in [3.8, 4) is 11.5 Å². The molecular formula is C18H24N4O3. The molecule has 1 amide bonds. The molecule has 1 atom stereocenters. The number of aromatic nitrogens is 3. The second kappa shape index (κ2) is 8.00. The van der Waals surface area contributed by atoms with Gasteiger partial charge in [0.2, 0.25) is 5.91 Å². The van der Waals surface area contributed by atoms with Crippen molar-refractivity contribution in [1.82, 2.24) is 19.9 Å². The summed E-state index contributed by atoms with van der Waals surface area (Å²) in [5, 5.41) is 8.11. The van der Waals surface area contributed by atoms with Gasteiger partial charge in [-0.25, -0.2) is 4.68 Å². The number of benzene rings is 1. The summed E-state index contributed by atoms with van der Waals surface area (Å²) in [6, 6.07) is 7.44. The normalized spacial score (nSPS) is 17.4. The molecule has 3 rings (SSSR count). The summed E-state index contributed by atoms with van der Waals surface area (Å²) in [6.07, 6.45) is 4.01. The van der Waals surface area contributed by atoms with Crippen LogP contribution in [0.25, 0.3) is 0 Å². The van der Waals surface area contributed by atoms with Crippen molar-refractivity contribution in [3.05, 3.63) is 36.2 Å². The fraction of sp³-hybridized carbons (Fsp3) is 0.500. The number of hydrogen-bond acceptors (Lipinski definition) is 5. The van der Waals surface area contributed by atoms with E-state index in [1.807, 2.05) is 29.2 Å². The first-order chi connectivity index (χ1) is 12.2. The van der Waals surface area contributed by atoms with Crippen LogP contribution >= 0.6 is 0 Å². The van der Waals surface area contributed by atoms with Crippen molar-refractivity contribution in [1.29, 1.82) is 0 Å². The van der Waals surface area contributed by atoms with E-state index in [0.717, 1.165) is 19.5 Å². The Bertz CT molecular complexity index is 716. The maximum absolute atomic E-state index is 12.4. The SMILES string of the molecule is COc1ccccc1OCc1cn(CC(=O)N2CCC[C@@H](C)C2)nn1. The largest absolute Gasteiger partial charge is 0.493 e. The van der Waals surface area contributed by atoms with E-state index < -0.39 is 0 Å². The molecule has 0 spiro atoms. The standard InChI is InChI=1S/C18H24N4O3/c1-14-6-5-9-21(10-14)18(23)12-22-11-15(19-20-22)13-25-17-8-4-3-7-16(17)24-2/h3-4,7-8,11,14H,5-6,9-10,12-13H2,1-2H3/t14-/m1/s1. The number of carbonyl (C=O) groups excluding carboxylic acids is 1. The number of ether oxygens (including phenoxy) is 2. The smallest absolute Gasteiger partial charge is 0.244 e. The first-order valence-electron chi connectivity index (χ1n) is 8.58. The molecule has 25 heavy (non-hydrogen) atoms. The summed E-state index contributed by atoms with van der Waals surface area (Å²) in [7, 11) is 1.60. The van der Waals surface area contributed by atoms with E-state index in [2.05, 4.69) is 17.2 Å². The number of amides is 1. The van der Waals surface area contributed by atoms with Crippen molar-refractivity contribution in [2.24, 2.45) is 5.92 Å². The second-order valence-electron chi connectivity index (χ2n) is 6.43. The highest BCUT2D eigenvalue weighted by Gasteiger charge is 2.21. The highest BCUT2D eigenvalue weighted by Crippen LogP contribution is 2.26. The highest BCUT2D eigenvalue weighted by molar-refractivity contribution is 5.76. The van der Waals surface area contributed by atoms with Crippen LogP contribution in [0.5, 0.6) is 11.5 Å². The molecule has 0 unspecified atom stereocenters. The molecule has 0 bridgehead atoms. The molecule has 1 fully saturated rings. The molecule has 134 valence electrons. The fourth-order valence-electron chi connectivity index (χ4n) is 3.03. The fourth-order valence-corrected chi connectivity index (χ4v) is 3.03. The Kier molecular flexibility index (Phi) is 5.53. The lowest BCUT2D eigenvalue weighted by Crippen LogP contribution is -2.40. The van der Waals surface area contributed by atoms with Gasteiger partial charge in [0.05, 0.1) is 13.3 Å². The van der Waals surface area contributed by atoms with Gasteiger partial charge in [-0.05, 0) is 30.9 Å². The topological polar surface area (TPSA) is 69.5 Å². The van der Waals surface area contributed by atoms with E-state index in [9.17, 15) is 4.79 Å². The van der Waals surface area contributed by atoms with Gasteiger partial charge >= 0.3 is 0 Å². The summed E-state index contributed by atoms with van der Waals surface area (Å²) < 4.78 is 12.5. The minimum Gasteiger partial charge on any atom is -0.493 e. The zero-order chi connectivity index (χ0) is 17.6. The van der Waals surface area contributed by atoms with Gasteiger partial charge in [-0.3, -0.25) is 4.79 Å². The average molecular weight is 344 g/mol. The van der Waals surface area contributed by atoms with Crippen molar-refractivity contribution >= 4 is 5.91 Å². The third-order valence-corrected chi connectivity index (χ3v) is 4.34. The Labute approximate surface area is 147 Å². The van der Waals surface area contributed by atoms with E-state index in [4.69, 9.17) is 9.47 Å². The van der Waals surface area contributed by atoms with Gasteiger partial charge in [0.25, 0.3) is 0 Å². The minimum absolute atomic E-state index is 0.0913. The van der Waals surface area contributed by atoms with Gasteiger partial charge in [-0.15, -0.1) is 5.10 Å². The number of nitrogens with zero attached hydrogens (tertiary/aromatic N) is 4. The molecule has 0 N–H and O–H groups in total. The van der Waals surface area contributed by atoms with Crippen LogP contribution in [0.1, 0.15) is 25.5 Å². The van der Waals surface area contributed by atoms with E-state index in [1.54, 1.807) is 18.0 Å². The number of methoxy groups -OCH3 is 1. The Hall–Kier alpha value is -2.57. The van der Waals surface area contributed by atoms with Gasteiger partial charge in [-0.1, -0.05) is 24.3 Å². The van der Waals surface area contributed by atoms with Gasteiger partial charge in [-0.2, -0.15) is 0 Å². The minimum atomic E-state index is 0.0913. The quantitative estimate of drug-likeness (QED) is 0.803. The van der Waals surface area contributed by atoms with Crippen LogP contribution < -0.4 is 9.47 Å². The van der Waals surface area contributed by atoms with E-state index in [-0.39, 0.29) is 19.1 Å². The summed E-state index contributed by atoms with van der Waals surface area (Å²) in [5.74, 6) is 1.98. The Morgan fingerprint density at radius 1 is 1.32 bits per heavy atom. The average Bonchev–Trinajstić information content (AvgIpc) is 3.07. The second-order valence-corrected chi connectivity index (χ2v) is 6.43. The number of para-hydroxylation sites is 2. The van der Waals surface area contributed by atoms with Crippen molar-refractivity contribution in [2.45, 2.75) is 32.9 Å². The maximum atomic E-state index is 12.4. The van der Waals surface area contributed by atoms with Crippen molar-refractivity contribution in [3.63, 3.8) is 0 Å². The number of piperidine rings is 1. The Morgan fingerprint density at radius 2 is 2.12 bits per heavy atom. The van der Waals surface area contributed by atoms with Gasteiger partial charge in [0.1, 0.15) is 18.8 Å². The number of rotatable bonds is 6. The molecule has 1 saturated heterocycles. The van der Waals surface area contributed by atoms with Crippen LogP contribution in [0.4, 0.5) is 0 Å². The van der Waals surface area contributed by atoms with Gasteiger partial charge in [0.15, 0.2) is 11.5 Å². The molecule has 7 nitrogen and oxygen atoms in total. The maximum Gasteiger partial charge on any atom is 0.244 e. The molecule has 0 saturated carbocycles. The molecule has 1 aliphatic heterocycles. The molecule has 2 aromatic rings. The Morgan fingerprint density at radius 3 is 2.88 bits per heavy atom. The van der Waals surface area contributed by atoms with Crippen molar-refractivity contribution in [2.75, 3.05) is 20.2 Å². The summed E-state index contributed by atoms with van der Waals surface area (Å²) >= 11 is 0. The van der Waals surface area contributed by atoms with Crippen molar-refractivity contribution < 1.29 is 14.3 Å². The summed E-state index contributed by atoms with van der Waals surface area (Å²) in [6.45, 7) is 4.34. The van der Waals surface area contributed by atoms with Crippen LogP contribution in [0, 0.1) is 5.92 Å². The van der Waals surface area contributed by atoms with Crippen LogP contribution in [0.3, 0.4) is 0 Å². The van der Waals surface area contributed by atoms with E-state index in [1.165, 1.54) is 6.42 Å². The molecule has 7 heteroatoms. The first-order valence-corrected chi connectivity index (χ1v) is 8.58. The van der Waals surface area contributed by atoms with Gasteiger partial charge < -0.3 is 14.4 Å². The lowest BCUT2D eigenvalue weighted by atomic mass is 10.0. The molecule has 2 heterocycles. The van der Waals surface area contributed by atoms with Crippen LogP contribution in [-0.2, 0) is 17.9 Å². The molecule has 1 aliphatic rings. The monoisotopic (exact) mass is 344 g/mol. The number of carbonyl (C=O) groups is 1.